The lowest BCUT2D eigenvalue weighted by Crippen LogP contribution is -2.18. The number of halogens is 2. The molecule has 0 aliphatic heterocycles. The molecule has 104 valence electrons. The van der Waals surface area contributed by atoms with E-state index in [4.69, 9.17) is 28.9 Å². The van der Waals surface area contributed by atoms with Crippen molar-refractivity contribution in [1.82, 2.24) is 0 Å². The normalized spacial score (nSPS) is 16.8. The van der Waals surface area contributed by atoms with E-state index in [9.17, 15) is 0 Å². The van der Waals surface area contributed by atoms with Gasteiger partial charge in [0.15, 0.2) is 0 Å². The molecule has 0 amide bonds. The van der Waals surface area contributed by atoms with Crippen molar-refractivity contribution in [1.29, 1.82) is 0 Å². The molecule has 3 rings (SSSR count). The lowest BCUT2D eigenvalue weighted by molar-refractivity contribution is 0.416. The second-order valence-corrected chi connectivity index (χ2v) is 6.24. The minimum atomic E-state index is -0.198. The molecular formula is C17H17Cl2N. The maximum Gasteiger partial charge on any atom is 0.0569 e. The quantitative estimate of drug-likeness (QED) is 0.817. The first kappa shape index (κ1) is 13.9. The number of hydrogen-bond acceptors (Lipinski definition) is 1. The lowest BCUT2D eigenvalue weighted by atomic mass is 9.76. The maximum atomic E-state index is 6.46. The van der Waals surface area contributed by atoms with Crippen molar-refractivity contribution in [2.24, 2.45) is 5.73 Å². The van der Waals surface area contributed by atoms with Gasteiger partial charge in [0.25, 0.3) is 0 Å². The zero-order valence-electron chi connectivity index (χ0n) is 11.2. The molecule has 1 aliphatic rings. The second kappa shape index (κ2) is 5.77. The summed E-state index contributed by atoms with van der Waals surface area (Å²) in [7, 11) is 0. The number of hydrogen-bond donors (Lipinski definition) is 1. The van der Waals surface area contributed by atoms with Crippen LogP contribution in [-0.4, -0.2) is 0 Å². The summed E-state index contributed by atoms with van der Waals surface area (Å²) >= 11 is 12.2. The standard InChI is InChI=1S/C17H17Cl2N/c18-12-8-9-15(16(19)10-12)17(20)14-7-2-1-6-13(14)11-4-3-5-11/h1-2,6-11,17H,3-5,20H2. The molecular weight excluding hydrogens is 289 g/mol. The predicted octanol–water partition coefficient (Wildman–Crippen LogP) is 5.31. The van der Waals surface area contributed by atoms with Crippen LogP contribution in [0.4, 0.5) is 0 Å². The van der Waals surface area contributed by atoms with Crippen LogP contribution in [0.2, 0.25) is 10.0 Å². The van der Waals surface area contributed by atoms with Crippen molar-refractivity contribution in [2.45, 2.75) is 31.2 Å². The number of benzene rings is 2. The molecule has 1 atom stereocenters. The molecule has 3 heteroatoms. The second-order valence-electron chi connectivity index (χ2n) is 5.40. The van der Waals surface area contributed by atoms with E-state index >= 15 is 0 Å². The fourth-order valence-corrected chi connectivity index (χ4v) is 3.33. The minimum Gasteiger partial charge on any atom is -0.320 e. The average molecular weight is 306 g/mol. The Morgan fingerprint density at radius 1 is 1.00 bits per heavy atom. The van der Waals surface area contributed by atoms with E-state index in [1.54, 1.807) is 6.07 Å². The van der Waals surface area contributed by atoms with Gasteiger partial charge in [0.2, 0.25) is 0 Å². The van der Waals surface area contributed by atoms with Crippen molar-refractivity contribution in [3.05, 3.63) is 69.2 Å². The van der Waals surface area contributed by atoms with E-state index in [-0.39, 0.29) is 6.04 Å². The highest BCUT2D eigenvalue weighted by atomic mass is 35.5. The van der Waals surface area contributed by atoms with Gasteiger partial charge in [-0.15, -0.1) is 0 Å². The fraction of sp³-hybridized carbons (Fsp3) is 0.294. The van der Waals surface area contributed by atoms with Gasteiger partial charge in [-0.05, 0) is 47.6 Å². The van der Waals surface area contributed by atoms with Crippen molar-refractivity contribution in [3.63, 3.8) is 0 Å². The Kier molecular flexibility index (Phi) is 4.02. The van der Waals surface area contributed by atoms with Gasteiger partial charge in [0, 0.05) is 10.0 Å². The molecule has 0 spiro atoms. The van der Waals surface area contributed by atoms with E-state index in [1.165, 1.54) is 30.4 Å². The highest BCUT2D eigenvalue weighted by molar-refractivity contribution is 6.35. The molecule has 1 saturated carbocycles. The Hall–Kier alpha value is -1.02. The van der Waals surface area contributed by atoms with Crippen molar-refractivity contribution < 1.29 is 0 Å². The number of rotatable bonds is 3. The topological polar surface area (TPSA) is 26.0 Å². The first-order valence-corrected chi connectivity index (χ1v) is 7.72. The zero-order valence-corrected chi connectivity index (χ0v) is 12.7. The third kappa shape index (κ3) is 2.58. The highest BCUT2D eigenvalue weighted by Crippen LogP contribution is 2.40. The number of nitrogens with two attached hydrogens (primary N) is 1. The van der Waals surface area contributed by atoms with E-state index in [0.29, 0.717) is 16.0 Å². The third-order valence-electron chi connectivity index (χ3n) is 4.17. The van der Waals surface area contributed by atoms with Crippen LogP contribution in [-0.2, 0) is 0 Å². The fourth-order valence-electron chi connectivity index (χ4n) is 2.81. The molecule has 1 aliphatic carbocycles. The first-order valence-electron chi connectivity index (χ1n) is 6.96. The summed E-state index contributed by atoms with van der Waals surface area (Å²) in [6.45, 7) is 0. The van der Waals surface area contributed by atoms with Crippen molar-refractivity contribution in [2.75, 3.05) is 0 Å². The third-order valence-corrected chi connectivity index (χ3v) is 4.74. The lowest BCUT2D eigenvalue weighted by Gasteiger charge is -2.29. The van der Waals surface area contributed by atoms with E-state index in [0.717, 1.165) is 5.56 Å². The molecule has 2 N–H and O–H groups in total. The Morgan fingerprint density at radius 2 is 1.75 bits per heavy atom. The molecule has 1 unspecified atom stereocenters. The van der Waals surface area contributed by atoms with Gasteiger partial charge >= 0.3 is 0 Å². The van der Waals surface area contributed by atoms with Gasteiger partial charge in [-0.2, -0.15) is 0 Å². The predicted molar refractivity (Wildman–Crippen MR) is 85.5 cm³/mol. The van der Waals surface area contributed by atoms with Crippen molar-refractivity contribution in [3.8, 4) is 0 Å². The summed E-state index contributed by atoms with van der Waals surface area (Å²) < 4.78 is 0. The largest absolute Gasteiger partial charge is 0.320 e. The van der Waals surface area contributed by atoms with E-state index in [2.05, 4.69) is 18.2 Å². The van der Waals surface area contributed by atoms with Crippen molar-refractivity contribution >= 4 is 23.2 Å². The highest BCUT2D eigenvalue weighted by Gasteiger charge is 2.24. The Labute approximate surface area is 129 Å². The summed E-state index contributed by atoms with van der Waals surface area (Å²) in [5.41, 5.74) is 9.94. The molecule has 1 nitrogen and oxygen atoms in total. The molecule has 0 bridgehead atoms. The SMILES string of the molecule is NC(c1ccc(Cl)cc1Cl)c1ccccc1C1CCC1. The van der Waals surface area contributed by atoms with Crippen LogP contribution in [0.25, 0.3) is 0 Å². The van der Waals surface area contributed by atoms with Gasteiger partial charge in [0.1, 0.15) is 0 Å². The smallest absolute Gasteiger partial charge is 0.0569 e. The molecule has 2 aromatic rings. The van der Waals surface area contributed by atoms with Crippen LogP contribution < -0.4 is 5.73 Å². The molecule has 0 heterocycles. The van der Waals surface area contributed by atoms with Crippen LogP contribution in [0.5, 0.6) is 0 Å². The zero-order chi connectivity index (χ0) is 14.1. The van der Waals surface area contributed by atoms with Gasteiger partial charge in [-0.3, -0.25) is 0 Å². The van der Waals surface area contributed by atoms with Gasteiger partial charge in [0.05, 0.1) is 6.04 Å². The molecule has 20 heavy (non-hydrogen) atoms. The summed E-state index contributed by atoms with van der Waals surface area (Å²) in [4.78, 5) is 0. The summed E-state index contributed by atoms with van der Waals surface area (Å²) in [5.74, 6) is 0.656. The minimum absolute atomic E-state index is 0.198. The first-order chi connectivity index (χ1) is 9.66. The Morgan fingerprint density at radius 3 is 2.40 bits per heavy atom. The molecule has 1 fully saturated rings. The summed E-state index contributed by atoms with van der Waals surface area (Å²) in [5, 5.41) is 1.27. The monoisotopic (exact) mass is 305 g/mol. The molecule has 0 radical (unpaired) electrons. The van der Waals surface area contributed by atoms with Crippen LogP contribution in [0.15, 0.2) is 42.5 Å². The van der Waals surface area contributed by atoms with E-state index in [1.807, 2.05) is 18.2 Å². The van der Waals surface area contributed by atoms with Crippen LogP contribution in [0, 0.1) is 0 Å². The Bertz CT molecular complexity index is 620. The maximum absolute atomic E-state index is 6.46. The van der Waals surface area contributed by atoms with Crippen LogP contribution in [0.3, 0.4) is 0 Å². The molecule has 0 saturated heterocycles. The Balaban J connectivity index is 1.99. The summed E-state index contributed by atoms with van der Waals surface area (Å²) in [6.07, 6.45) is 3.84. The average Bonchev–Trinajstić information content (AvgIpc) is 2.37. The molecule has 0 aromatic heterocycles. The van der Waals surface area contributed by atoms with Gasteiger partial charge < -0.3 is 5.73 Å². The summed E-state index contributed by atoms with van der Waals surface area (Å²) in [6, 6.07) is 13.8. The molecule has 2 aromatic carbocycles. The van der Waals surface area contributed by atoms with Crippen LogP contribution in [0.1, 0.15) is 47.9 Å². The van der Waals surface area contributed by atoms with Gasteiger partial charge in [-0.1, -0.05) is 60.0 Å². The van der Waals surface area contributed by atoms with Gasteiger partial charge in [-0.25, -0.2) is 0 Å². The van der Waals surface area contributed by atoms with Crippen LogP contribution >= 0.6 is 23.2 Å². The van der Waals surface area contributed by atoms with E-state index < -0.39 is 0 Å².